The zero-order valence-corrected chi connectivity index (χ0v) is 17.4. The van der Waals surface area contributed by atoms with E-state index in [0.717, 1.165) is 25.2 Å². The zero-order valence-electron chi connectivity index (χ0n) is 14.2. The van der Waals surface area contributed by atoms with Crippen LogP contribution in [0.15, 0.2) is 4.99 Å². The normalized spacial score (nSPS) is 28.7. The predicted octanol–water partition coefficient (Wildman–Crippen LogP) is 3.08. The van der Waals surface area contributed by atoms with E-state index in [1.165, 1.54) is 11.3 Å². The molecule has 4 nitrogen and oxygen atoms in total. The molecule has 0 amide bonds. The quantitative estimate of drug-likeness (QED) is 0.361. The van der Waals surface area contributed by atoms with Crippen molar-refractivity contribution in [3.63, 3.8) is 0 Å². The second-order valence-electron chi connectivity index (χ2n) is 6.32. The van der Waals surface area contributed by atoms with E-state index in [0.29, 0.717) is 30.9 Å². The fourth-order valence-electron chi connectivity index (χ4n) is 3.31. The van der Waals surface area contributed by atoms with Gasteiger partial charge < -0.3 is 10.6 Å². The number of aliphatic imine (C=N–C) groups is 1. The lowest BCUT2D eigenvalue weighted by atomic mass is 10.2. The Morgan fingerprint density at radius 3 is 2.50 bits per heavy atom. The summed E-state index contributed by atoms with van der Waals surface area (Å²) < 4.78 is 37.4. The van der Waals surface area contributed by atoms with E-state index < -0.39 is 12.7 Å². The highest BCUT2D eigenvalue weighted by Crippen LogP contribution is 2.28. The summed E-state index contributed by atoms with van der Waals surface area (Å²) in [4.78, 5) is 5.91. The average Bonchev–Trinajstić information content (AvgIpc) is 3.07. The number of nitrogens with one attached hydrogen (secondary N) is 2. The van der Waals surface area contributed by atoms with Crippen LogP contribution in [0.3, 0.4) is 0 Å². The number of nitrogens with zero attached hydrogens (tertiary/aromatic N) is 2. The Kier molecular flexibility index (Phi) is 9.50. The first-order valence-corrected chi connectivity index (χ1v) is 9.57. The van der Waals surface area contributed by atoms with E-state index in [-0.39, 0.29) is 30.0 Å². The molecule has 3 atom stereocenters. The Hall–Kier alpha value is 0.1000. The first kappa shape index (κ1) is 22.1. The lowest BCUT2D eigenvalue weighted by molar-refractivity contribution is -0.143. The van der Waals surface area contributed by atoms with Crippen molar-refractivity contribution in [2.45, 2.75) is 56.1 Å². The minimum atomic E-state index is -4.12. The molecule has 1 aliphatic carbocycles. The van der Waals surface area contributed by atoms with Crippen molar-refractivity contribution < 1.29 is 13.2 Å². The number of thioether (sulfide) groups is 1. The molecule has 3 unspecified atom stereocenters. The third kappa shape index (κ3) is 7.55. The smallest absolute Gasteiger partial charge is 0.354 e. The largest absolute Gasteiger partial charge is 0.401 e. The summed E-state index contributed by atoms with van der Waals surface area (Å²) in [6.07, 6.45) is 2.20. The monoisotopic (exact) mass is 480 g/mol. The minimum absolute atomic E-state index is 0. The number of guanidine groups is 1. The fourth-order valence-corrected chi connectivity index (χ4v) is 4.11. The van der Waals surface area contributed by atoms with Crippen molar-refractivity contribution in [1.29, 1.82) is 0 Å². The van der Waals surface area contributed by atoms with Crippen LogP contribution in [0.4, 0.5) is 13.2 Å². The van der Waals surface area contributed by atoms with E-state index in [2.05, 4.69) is 21.9 Å². The molecule has 2 aliphatic rings. The van der Waals surface area contributed by atoms with E-state index in [1.807, 2.05) is 18.7 Å². The fraction of sp³-hybridized carbons (Fsp3) is 0.933. The average molecular weight is 480 g/mol. The second-order valence-corrected chi connectivity index (χ2v) is 7.45. The van der Waals surface area contributed by atoms with Gasteiger partial charge in [-0.25, -0.2) is 0 Å². The van der Waals surface area contributed by atoms with Gasteiger partial charge in [-0.3, -0.25) is 9.89 Å². The Labute approximate surface area is 163 Å². The molecule has 142 valence electrons. The first-order valence-electron chi connectivity index (χ1n) is 8.29. The van der Waals surface area contributed by atoms with Crippen LogP contribution in [-0.4, -0.2) is 66.8 Å². The summed E-state index contributed by atoms with van der Waals surface area (Å²) >= 11 is 1.90. The molecule has 24 heavy (non-hydrogen) atoms. The van der Waals surface area contributed by atoms with Gasteiger partial charge in [-0.2, -0.15) is 24.9 Å². The molecule has 9 heteroatoms. The third-order valence-electron chi connectivity index (χ3n) is 4.39. The maximum atomic E-state index is 12.5. The van der Waals surface area contributed by atoms with Gasteiger partial charge in [0.2, 0.25) is 0 Å². The zero-order chi connectivity index (χ0) is 16.9. The van der Waals surface area contributed by atoms with Gasteiger partial charge in [0, 0.05) is 37.0 Å². The molecule has 0 aromatic rings. The molecule has 1 heterocycles. The predicted molar refractivity (Wildman–Crippen MR) is 106 cm³/mol. The van der Waals surface area contributed by atoms with Crippen LogP contribution in [0.1, 0.15) is 32.6 Å². The van der Waals surface area contributed by atoms with Gasteiger partial charge in [0.25, 0.3) is 0 Å². The van der Waals surface area contributed by atoms with Crippen molar-refractivity contribution >= 4 is 41.7 Å². The Morgan fingerprint density at radius 2 is 1.92 bits per heavy atom. The molecule has 0 bridgehead atoms. The SMILES string of the molecule is CCN=C(NC1CCC(SC)C1)NC1CCN(CC(F)(F)F)C1.I. The molecule has 0 radical (unpaired) electrons. The third-order valence-corrected chi connectivity index (χ3v) is 5.49. The van der Waals surface area contributed by atoms with Crippen molar-refractivity contribution in [1.82, 2.24) is 15.5 Å². The molecule has 2 rings (SSSR count). The highest BCUT2D eigenvalue weighted by molar-refractivity contribution is 14.0. The van der Waals surface area contributed by atoms with Crippen LogP contribution in [0.5, 0.6) is 0 Å². The Morgan fingerprint density at radius 1 is 1.21 bits per heavy atom. The molecule has 0 spiro atoms. The van der Waals surface area contributed by atoms with Crippen LogP contribution in [0.25, 0.3) is 0 Å². The topological polar surface area (TPSA) is 39.7 Å². The van der Waals surface area contributed by atoms with Crippen LogP contribution < -0.4 is 10.6 Å². The van der Waals surface area contributed by atoms with Gasteiger partial charge in [-0.05, 0) is 38.9 Å². The van der Waals surface area contributed by atoms with E-state index in [9.17, 15) is 13.2 Å². The van der Waals surface area contributed by atoms with Crippen molar-refractivity contribution in [3.8, 4) is 0 Å². The number of halogens is 4. The van der Waals surface area contributed by atoms with Crippen LogP contribution in [-0.2, 0) is 0 Å². The second kappa shape index (κ2) is 10.3. The van der Waals surface area contributed by atoms with Crippen LogP contribution in [0, 0.1) is 0 Å². The lowest BCUT2D eigenvalue weighted by Crippen LogP contribution is -2.48. The number of hydrogen-bond acceptors (Lipinski definition) is 3. The van der Waals surface area contributed by atoms with Crippen LogP contribution >= 0.6 is 35.7 Å². The molecule has 2 fully saturated rings. The summed E-state index contributed by atoms with van der Waals surface area (Å²) in [6, 6.07) is 0.450. The Balaban J connectivity index is 0.00000288. The van der Waals surface area contributed by atoms with E-state index >= 15 is 0 Å². The van der Waals surface area contributed by atoms with Crippen molar-refractivity contribution in [3.05, 3.63) is 0 Å². The maximum Gasteiger partial charge on any atom is 0.401 e. The molecule has 0 aromatic carbocycles. The molecular weight excluding hydrogens is 452 g/mol. The number of hydrogen-bond donors (Lipinski definition) is 2. The van der Waals surface area contributed by atoms with Gasteiger partial charge in [0.05, 0.1) is 6.54 Å². The molecule has 2 N–H and O–H groups in total. The van der Waals surface area contributed by atoms with Gasteiger partial charge in [-0.15, -0.1) is 24.0 Å². The summed E-state index contributed by atoms with van der Waals surface area (Å²) in [7, 11) is 0. The maximum absolute atomic E-state index is 12.5. The lowest BCUT2D eigenvalue weighted by Gasteiger charge is -2.22. The van der Waals surface area contributed by atoms with Crippen molar-refractivity contribution in [2.75, 3.05) is 32.4 Å². The molecule has 1 saturated carbocycles. The van der Waals surface area contributed by atoms with E-state index in [4.69, 9.17) is 0 Å². The summed E-state index contributed by atoms with van der Waals surface area (Å²) in [6.45, 7) is 2.70. The van der Waals surface area contributed by atoms with Gasteiger partial charge in [-0.1, -0.05) is 0 Å². The molecular formula is C15H28F3IN4S. The van der Waals surface area contributed by atoms with E-state index in [1.54, 1.807) is 0 Å². The highest BCUT2D eigenvalue weighted by Gasteiger charge is 2.34. The van der Waals surface area contributed by atoms with Crippen LogP contribution in [0.2, 0.25) is 0 Å². The molecule has 0 aromatic heterocycles. The highest BCUT2D eigenvalue weighted by atomic mass is 127. The summed E-state index contributed by atoms with van der Waals surface area (Å²) in [5.41, 5.74) is 0. The number of alkyl halides is 3. The number of likely N-dealkylation sites (tertiary alicyclic amines) is 1. The molecule has 1 aliphatic heterocycles. The Bertz CT molecular complexity index is 409. The molecule has 1 saturated heterocycles. The van der Waals surface area contributed by atoms with Gasteiger partial charge in [0.15, 0.2) is 5.96 Å². The summed E-state index contributed by atoms with van der Waals surface area (Å²) in [5.74, 6) is 0.748. The van der Waals surface area contributed by atoms with Gasteiger partial charge >= 0.3 is 6.18 Å². The minimum Gasteiger partial charge on any atom is -0.354 e. The first-order chi connectivity index (χ1) is 10.9. The van der Waals surface area contributed by atoms with Crippen molar-refractivity contribution in [2.24, 2.45) is 4.99 Å². The summed E-state index contributed by atoms with van der Waals surface area (Å²) in [5, 5.41) is 7.47. The van der Waals surface area contributed by atoms with Gasteiger partial charge in [0.1, 0.15) is 0 Å². The number of rotatable bonds is 5. The standard InChI is InChI=1S/C15H27F3N4S.HI/c1-3-19-14(20-11-4-5-13(8-11)23-2)21-12-6-7-22(9-12)10-15(16,17)18;/h11-13H,3-10H2,1-2H3,(H2,19,20,21);1H.